The first-order chi connectivity index (χ1) is 11.5. The third kappa shape index (κ3) is 3.54. The molecule has 8 nitrogen and oxygen atoms in total. The molecule has 0 saturated carbocycles. The van der Waals surface area contributed by atoms with E-state index in [1.54, 1.807) is 19.2 Å². The molecule has 0 bridgehead atoms. The van der Waals surface area contributed by atoms with Crippen LogP contribution in [0, 0.1) is 5.82 Å². The van der Waals surface area contributed by atoms with Gasteiger partial charge in [-0.05, 0) is 17.7 Å². The lowest BCUT2D eigenvalue weighted by atomic mass is 10.2. The number of amides is 1. The SMILES string of the molecule is Cn1ncn(Cc2nnc(C(=O)NCc3ccc(F)cc3)s2)c1=O. The predicted molar refractivity (Wildman–Crippen MR) is 84.0 cm³/mol. The number of carbonyl (C=O) groups excluding carboxylic acids is 1. The number of aromatic nitrogens is 5. The second-order valence-corrected chi connectivity index (χ2v) is 6.04. The highest BCUT2D eigenvalue weighted by atomic mass is 32.1. The van der Waals surface area contributed by atoms with E-state index in [0.717, 1.165) is 16.9 Å². The van der Waals surface area contributed by atoms with E-state index in [-0.39, 0.29) is 35.5 Å². The van der Waals surface area contributed by atoms with Gasteiger partial charge in [0.15, 0.2) is 0 Å². The molecule has 2 aromatic heterocycles. The van der Waals surface area contributed by atoms with Crippen molar-refractivity contribution in [3.05, 3.63) is 62.5 Å². The Morgan fingerprint density at radius 1 is 1.29 bits per heavy atom. The number of hydrogen-bond acceptors (Lipinski definition) is 6. The molecule has 2 heterocycles. The van der Waals surface area contributed by atoms with Gasteiger partial charge in [0.1, 0.15) is 17.2 Å². The van der Waals surface area contributed by atoms with E-state index in [4.69, 9.17) is 0 Å². The number of aryl methyl sites for hydroxylation is 1. The fraction of sp³-hybridized carbons (Fsp3) is 0.214. The summed E-state index contributed by atoms with van der Waals surface area (Å²) in [5.74, 6) is -0.703. The summed E-state index contributed by atoms with van der Waals surface area (Å²) in [4.78, 5) is 23.8. The summed E-state index contributed by atoms with van der Waals surface area (Å²) < 4.78 is 15.4. The van der Waals surface area contributed by atoms with Gasteiger partial charge in [0.2, 0.25) is 5.01 Å². The lowest BCUT2D eigenvalue weighted by Crippen LogP contribution is -2.22. The lowest BCUT2D eigenvalue weighted by Gasteiger charge is -2.02. The fourth-order valence-electron chi connectivity index (χ4n) is 1.95. The Morgan fingerprint density at radius 3 is 2.71 bits per heavy atom. The van der Waals surface area contributed by atoms with E-state index in [2.05, 4.69) is 20.6 Å². The van der Waals surface area contributed by atoms with Gasteiger partial charge in [0, 0.05) is 13.6 Å². The maximum absolute atomic E-state index is 12.8. The first-order valence-electron chi connectivity index (χ1n) is 6.96. The van der Waals surface area contributed by atoms with Crippen molar-refractivity contribution in [2.24, 2.45) is 7.05 Å². The minimum absolute atomic E-state index is 0.198. The zero-order chi connectivity index (χ0) is 17.1. The van der Waals surface area contributed by atoms with Crippen molar-refractivity contribution in [2.75, 3.05) is 0 Å². The largest absolute Gasteiger partial charge is 0.346 e. The van der Waals surface area contributed by atoms with E-state index in [0.29, 0.717) is 5.01 Å². The van der Waals surface area contributed by atoms with Gasteiger partial charge in [0.05, 0.1) is 6.54 Å². The topological polar surface area (TPSA) is 94.7 Å². The molecule has 0 atom stereocenters. The van der Waals surface area contributed by atoms with Gasteiger partial charge < -0.3 is 5.32 Å². The van der Waals surface area contributed by atoms with Crippen molar-refractivity contribution in [1.29, 1.82) is 0 Å². The summed E-state index contributed by atoms with van der Waals surface area (Å²) in [6, 6.07) is 5.85. The van der Waals surface area contributed by atoms with Crippen molar-refractivity contribution < 1.29 is 9.18 Å². The summed E-state index contributed by atoms with van der Waals surface area (Å²) in [6.07, 6.45) is 1.40. The van der Waals surface area contributed by atoms with Crippen LogP contribution >= 0.6 is 11.3 Å². The number of rotatable bonds is 5. The minimum Gasteiger partial charge on any atom is -0.346 e. The minimum atomic E-state index is -0.374. The van der Waals surface area contributed by atoms with Gasteiger partial charge >= 0.3 is 5.69 Å². The van der Waals surface area contributed by atoms with Gasteiger partial charge in [-0.1, -0.05) is 23.5 Å². The molecule has 0 saturated heterocycles. The Kier molecular flexibility index (Phi) is 4.47. The third-order valence-corrected chi connectivity index (χ3v) is 4.13. The molecular weight excluding hydrogens is 335 g/mol. The first-order valence-corrected chi connectivity index (χ1v) is 7.78. The zero-order valence-corrected chi connectivity index (χ0v) is 13.5. The van der Waals surface area contributed by atoms with Crippen molar-refractivity contribution in [2.45, 2.75) is 13.1 Å². The van der Waals surface area contributed by atoms with E-state index in [9.17, 15) is 14.0 Å². The maximum atomic E-state index is 12.8. The Hall–Kier alpha value is -2.88. The highest BCUT2D eigenvalue weighted by Gasteiger charge is 2.14. The van der Waals surface area contributed by atoms with Crippen molar-refractivity contribution in [3.63, 3.8) is 0 Å². The molecule has 0 spiro atoms. The van der Waals surface area contributed by atoms with E-state index in [1.807, 2.05) is 0 Å². The monoisotopic (exact) mass is 348 g/mol. The first kappa shape index (κ1) is 16.0. The molecule has 1 amide bonds. The molecule has 0 aliphatic carbocycles. The standard InChI is InChI=1S/C14H13FN6O2S/c1-20-14(23)21(8-17-20)7-11-18-19-13(24-11)12(22)16-6-9-2-4-10(15)5-3-9/h2-5,8H,6-7H2,1H3,(H,16,22). The van der Waals surface area contributed by atoms with Crippen molar-refractivity contribution >= 4 is 17.2 Å². The average Bonchev–Trinajstić information content (AvgIpc) is 3.16. The normalized spacial score (nSPS) is 10.8. The molecule has 0 aliphatic rings. The van der Waals surface area contributed by atoms with Gasteiger partial charge in [-0.2, -0.15) is 5.10 Å². The van der Waals surface area contributed by atoms with Crippen LogP contribution in [0.25, 0.3) is 0 Å². The summed E-state index contributed by atoms with van der Waals surface area (Å²) in [7, 11) is 1.55. The number of halogens is 1. The number of hydrogen-bond donors (Lipinski definition) is 1. The number of nitrogens with one attached hydrogen (secondary N) is 1. The lowest BCUT2D eigenvalue weighted by molar-refractivity contribution is 0.0950. The average molecular weight is 348 g/mol. The van der Waals surface area contributed by atoms with E-state index in [1.165, 1.54) is 27.7 Å². The van der Waals surface area contributed by atoms with Crippen molar-refractivity contribution in [3.8, 4) is 0 Å². The van der Waals surface area contributed by atoms with E-state index < -0.39 is 0 Å². The van der Waals surface area contributed by atoms with Crippen LogP contribution in [0.1, 0.15) is 20.4 Å². The Bertz CT molecular complexity index is 914. The number of nitrogens with zero attached hydrogens (tertiary/aromatic N) is 5. The predicted octanol–water partition coefficient (Wildman–Crippen LogP) is 0.551. The quantitative estimate of drug-likeness (QED) is 0.727. The smallest absolute Gasteiger partial charge is 0.345 e. The fourth-order valence-corrected chi connectivity index (χ4v) is 2.70. The molecule has 0 fully saturated rings. The van der Waals surface area contributed by atoms with Crippen LogP contribution in [-0.4, -0.2) is 30.5 Å². The number of benzene rings is 1. The molecule has 1 N–H and O–H groups in total. The molecule has 10 heteroatoms. The van der Waals surface area contributed by atoms with Gasteiger partial charge in [-0.15, -0.1) is 10.2 Å². The zero-order valence-electron chi connectivity index (χ0n) is 12.6. The Balaban J connectivity index is 1.62. The molecule has 0 radical (unpaired) electrons. The van der Waals surface area contributed by atoms with Crippen LogP contribution in [0.3, 0.4) is 0 Å². The number of carbonyl (C=O) groups is 1. The molecule has 3 aromatic rings. The van der Waals surface area contributed by atoms with Crippen molar-refractivity contribution in [1.82, 2.24) is 29.9 Å². The molecule has 0 aliphatic heterocycles. The second-order valence-electron chi connectivity index (χ2n) is 4.98. The molecule has 0 unspecified atom stereocenters. The van der Waals surface area contributed by atoms with Gasteiger partial charge in [-0.3, -0.25) is 9.36 Å². The van der Waals surface area contributed by atoms with Crippen LogP contribution in [0.5, 0.6) is 0 Å². The van der Waals surface area contributed by atoms with Crippen LogP contribution < -0.4 is 11.0 Å². The molecular formula is C14H13FN6O2S. The van der Waals surface area contributed by atoms with E-state index >= 15 is 0 Å². The summed E-state index contributed by atoms with van der Waals surface area (Å²) in [5.41, 5.74) is 0.504. The maximum Gasteiger partial charge on any atom is 0.345 e. The van der Waals surface area contributed by atoms with Crippen LogP contribution in [0.15, 0.2) is 35.4 Å². The second kappa shape index (κ2) is 6.71. The third-order valence-electron chi connectivity index (χ3n) is 3.22. The summed E-state index contributed by atoms with van der Waals surface area (Å²) in [5, 5.41) is 15.0. The molecule has 1 aromatic carbocycles. The van der Waals surface area contributed by atoms with Crippen LogP contribution in [0.2, 0.25) is 0 Å². The van der Waals surface area contributed by atoms with Crippen LogP contribution in [-0.2, 0) is 20.1 Å². The molecule has 124 valence electrons. The van der Waals surface area contributed by atoms with Gasteiger partial charge in [0.25, 0.3) is 5.91 Å². The molecule has 3 rings (SSSR count). The van der Waals surface area contributed by atoms with Gasteiger partial charge in [-0.25, -0.2) is 13.9 Å². The Labute approximate surface area is 139 Å². The highest BCUT2D eigenvalue weighted by Crippen LogP contribution is 2.11. The highest BCUT2D eigenvalue weighted by molar-refractivity contribution is 7.13. The summed E-state index contributed by atoms with van der Waals surface area (Å²) >= 11 is 1.10. The summed E-state index contributed by atoms with van der Waals surface area (Å²) in [6.45, 7) is 0.464. The molecule has 24 heavy (non-hydrogen) atoms. The van der Waals surface area contributed by atoms with Crippen LogP contribution in [0.4, 0.5) is 4.39 Å². The Morgan fingerprint density at radius 2 is 2.04 bits per heavy atom.